The van der Waals surface area contributed by atoms with E-state index < -0.39 is 0 Å². The molecule has 1 heterocycles. The van der Waals surface area contributed by atoms with Crippen LogP contribution in [0.1, 0.15) is 0 Å². The molecule has 0 unspecified atom stereocenters. The van der Waals surface area contributed by atoms with E-state index in [2.05, 4.69) is 88.6 Å². The van der Waals surface area contributed by atoms with Crippen LogP contribution in [0.3, 0.4) is 0 Å². The number of fused-ring (bicyclic) bond motifs is 5. The second-order valence-corrected chi connectivity index (χ2v) is 8.83. The second-order valence-electron chi connectivity index (χ2n) is 7.74. The summed E-state index contributed by atoms with van der Waals surface area (Å²) >= 11 is 1.84. The molecule has 150 valence electrons. The SMILES string of the molecule is [C-]#[N+]c1ccc(N(c2ccccc2)c2ccc3sc4ccc5ccccc5c4c3c2)cc1. The lowest BCUT2D eigenvalue weighted by Crippen LogP contribution is -2.09. The van der Waals surface area contributed by atoms with Gasteiger partial charge in [-0.15, -0.1) is 11.3 Å². The van der Waals surface area contributed by atoms with Crippen molar-refractivity contribution in [3.05, 3.63) is 121 Å². The highest BCUT2D eigenvalue weighted by Crippen LogP contribution is 2.42. The summed E-state index contributed by atoms with van der Waals surface area (Å²) in [5.41, 5.74) is 3.87. The van der Waals surface area contributed by atoms with Gasteiger partial charge in [-0.25, -0.2) is 4.85 Å². The highest BCUT2D eigenvalue weighted by atomic mass is 32.1. The fraction of sp³-hybridized carbons (Fsp3) is 0. The number of rotatable bonds is 3. The molecule has 0 radical (unpaired) electrons. The summed E-state index contributed by atoms with van der Waals surface area (Å²) in [7, 11) is 0. The molecule has 32 heavy (non-hydrogen) atoms. The molecule has 0 atom stereocenters. The van der Waals surface area contributed by atoms with Crippen LogP contribution in [0.25, 0.3) is 35.8 Å². The van der Waals surface area contributed by atoms with Crippen molar-refractivity contribution >= 4 is 65.0 Å². The summed E-state index contributed by atoms with van der Waals surface area (Å²) in [5.74, 6) is 0. The third kappa shape index (κ3) is 3.01. The Balaban J connectivity index is 1.61. The highest BCUT2D eigenvalue weighted by Gasteiger charge is 2.15. The average molecular weight is 427 g/mol. The van der Waals surface area contributed by atoms with E-state index >= 15 is 0 Å². The molecular formula is C29H18N2S. The lowest BCUT2D eigenvalue weighted by Gasteiger charge is -2.25. The van der Waals surface area contributed by atoms with Gasteiger partial charge in [0, 0.05) is 37.2 Å². The van der Waals surface area contributed by atoms with Gasteiger partial charge in [-0.2, -0.15) is 0 Å². The Labute approximate surface area is 190 Å². The Morgan fingerprint density at radius 1 is 0.594 bits per heavy atom. The van der Waals surface area contributed by atoms with Crippen LogP contribution in [0.4, 0.5) is 22.7 Å². The summed E-state index contributed by atoms with van der Waals surface area (Å²) in [6, 6.07) is 38.0. The molecule has 1 aromatic heterocycles. The minimum absolute atomic E-state index is 0.646. The van der Waals surface area contributed by atoms with Crippen molar-refractivity contribution in [1.29, 1.82) is 0 Å². The lowest BCUT2D eigenvalue weighted by molar-refractivity contribution is 1.29. The molecular weight excluding hydrogens is 408 g/mol. The van der Waals surface area contributed by atoms with Gasteiger partial charge in [0.1, 0.15) is 0 Å². The standard InChI is InChI=1S/C29H18N2S/c1-30-21-12-14-23(15-13-21)31(22-8-3-2-4-9-22)24-16-18-27-26(19-24)29-25-10-6-5-7-20(25)11-17-28(29)32-27/h2-19H. The van der Waals surface area contributed by atoms with Gasteiger partial charge in [0.05, 0.1) is 6.57 Å². The van der Waals surface area contributed by atoms with E-state index in [4.69, 9.17) is 6.57 Å². The van der Waals surface area contributed by atoms with Gasteiger partial charge in [0.15, 0.2) is 5.69 Å². The lowest BCUT2D eigenvalue weighted by atomic mass is 10.0. The van der Waals surface area contributed by atoms with Crippen LogP contribution < -0.4 is 4.90 Å². The molecule has 2 nitrogen and oxygen atoms in total. The number of hydrogen-bond donors (Lipinski definition) is 0. The molecule has 0 spiro atoms. The number of thiophene rings is 1. The van der Waals surface area contributed by atoms with Gasteiger partial charge in [0.2, 0.25) is 0 Å². The van der Waals surface area contributed by atoms with E-state index in [0.29, 0.717) is 5.69 Å². The quantitative estimate of drug-likeness (QED) is 0.256. The van der Waals surface area contributed by atoms with E-state index in [0.717, 1.165) is 17.1 Å². The number of nitrogens with zero attached hydrogens (tertiary/aromatic N) is 2. The molecule has 6 rings (SSSR count). The Bertz CT molecular complexity index is 1620. The second kappa shape index (κ2) is 7.53. The Morgan fingerprint density at radius 2 is 1.28 bits per heavy atom. The van der Waals surface area contributed by atoms with Crippen LogP contribution in [0.5, 0.6) is 0 Å². The minimum atomic E-state index is 0.646. The van der Waals surface area contributed by atoms with Crippen LogP contribution in [-0.2, 0) is 0 Å². The van der Waals surface area contributed by atoms with Crippen LogP contribution in [0, 0.1) is 6.57 Å². The van der Waals surface area contributed by atoms with E-state index in [1.165, 1.54) is 30.9 Å². The van der Waals surface area contributed by atoms with Crippen LogP contribution >= 0.6 is 11.3 Å². The summed E-state index contributed by atoms with van der Waals surface area (Å²) in [6.07, 6.45) is 0. The van der Waals surface area contributed by atoms with E-state index in [1.54, 1.807) is 0 Å². The van der Waals surface area contributed by atoms with E-state index in [-0.39, 0.29) is 0 Å². The van der Waals surface area contributed by atoms with Gasteiger partial charge < -0.3 is 4.90 Å². The third-order valence-corrected chi connectivity index (χ3v) is 6.99. The fourth-order valence-electron chi connectivity index (χ4n) is 4.37. The molecule has 0 aliphatic heterocycles. The third-order valence-electron chi connectivity index (χ3n) is 5.85. The minimum Gasteiger partial charge on any atom is -0.311 e. The number of anilines is 3. The zero-order valence-electron chi connectivity index (χ0n) is 17.2. The van der Waals surface area contributed by atoms with Gasteiger partial charge in [-0.05, 0) is 59.3 Å². The van der Waals surface area contributed by atoms with Crippen LogP contribution in [0.15, 0.2) is 109 Å². The molecule has 0 amide bonds. The number of benzene rings is 5. The molecule has 0 fully saturated rings. The topological polar surface area (TPSA) is 7.60 Å². The Hall–Kier alpha value is -4.13. The highest BCUT2D eigenvalue weighted by molar-refractivity contribution is 7.26. The maximum Gasteiger partial charge on any atom is 0.187 e. The summed E-state index contributed by atoms with van der Waals surface area (Å²) in [5, 5.41) is 5.15. The molecule has 3 heteroatoms. The van der Waals surface area contributed by atoms with Gasteiger partial charge >= 0.3 is 0 Å². The first-order valence-electron chi connectivity index (χ1n) is 10.5. The number of hydrogen-bond acceptors (Lipinski definition) is 2. The smallest absolute Gasteiger partial charge is 0.187 e. The first kappa shape index (κ1) is 18.6. The van der Waals surface area contributed by atoms with Crippen molar-refractivity contribution in [3.8, 4) is 0 Å². The van der Waals surface area contributed by atoms with Crippen molar-refractivity contribution in [2.75, 3.05) is 4.90 Å². The zero-order chi connectivity index (χ0) is 21.5. The zero-order valence-corrected chi connectivity index (χ0v) is 18.0. The van der Waals surface area contributed by atoms with E-state index in [9.17, 15) is 0 Å². The molecule has 0 aliphatic rings. The summed E-state index contributed by atoms with van der Waals surface area (Å²) in [4.78, 5) is 5.80. The average Bonchev–Trinajstić information content (AvgIpc) is 3.24. The molecule has 0 bridgehead atoms. The van der Waals surface area contributed by atoms with E-state index in [1.807, 2.05) is 41.7 Å². The predicted molar refractivity (Wildman–Crippen MR) is 138 cm³/mol. The summed E-state index contributed by atoms with van der Waals surface area (Å²) < 4.78 is 2.60. The van der Waals surface area contributed by atoms with Crippen LogP contribution in [0.2, 0.25) is 0 Å². The maximum absolute atomic E-state index is 7.28. The van der Waals surface area contributed by atoms with Gasteiger partial charge in [0.25, 0.3) is 0 Å². The monoisotopic (exact) mass is 426 g/mol. The van der Waals surface area contributed by atoms with Gasteiger partial charge in [-0.3, -0.25) is 0 Å². The van der Waals surface area contributed by atoms with Crippen molar-refractivity contribution < 1.29 is 0 Å². The molecule has 0 N–H and O–H groups in total. The normalized spacial score (nSPS) is 11.1. The molecule has 0 saturated carbocycles. The number of para-hydroxylation sites is 1. The molecule has 5 aromatic carbocycles. The van der Waals surface area contributed by atoms with Crippen molar-refractivity contribution in [2.45, 2.75) is 0 Å². The predicted octanol–water partition coefficient (Wildman–Crippen LogP) is 9.23. The molecule has 6 aromatic rings. The fourth-order valence-corrected chi connectivity index (χ4v) is 5.48. The van der Waals surface area contributed by atoms with Crippen LogP contribution in [-0.4, -0.2) is 0 Å². The molecule has 0 aliphatic carbocycles. The molecule has 0 saturated heterocycles. The Kier molecular flexibility index (Phi) is 4.38. The van der Waals surface area contributed by atoms with Crippen molar-refractivity contribution in [3.63, 3.8) is 0 Å². The first-order chi connectivity index (χ1) is 15.8. The van der Waals surface area contributed by atoms with Crippen molar-refractivity contribution in [1.82, 2.24) is 0 Å². The maximum atomic E-state index is 7.28. The van der Waals surface area contributed by atoms with Crippen molar-refractivity contribution in [2.24, 2.45) is 0 Å². The largest absolute Gasteiger partial charge is 0.311 e. The first-order valence-corrected chi connectivity index (χ1v) is 11.3. The Morgan fingerprint density at radius 3 is 2.09 bits per heavy atom. The summed E-state index contributed by atoms with van der Waals surface area (Å²) in [6.45, 7) is 7.28. The van der Waals surface area contributed by atoms with Gasteiger partial charge in [-0.1, -0.05) is 60.7 Å².